The normalized spacial score (nSPS) is 26.2. The van der Waals surface area contributed by atoms with Crippen LogP contribution in [0.25, 0.3) is 0 Å². The Morgan fingerprint density at radius 1 is 0.947 bits per heavy atom. The van der Waals surface area contributed by atoms with Crippen molar-refractivity contribution in [1.82, 2.24) is 10.0 Å². The summed E-state index contributed by atoms with van der Waals surface area (Å²) in [5.74, 6) is 0. The van der Waals surface area contributed by atoms with Crippen LogP contribution in [-0.2, 0) is 4.84 Å². The fourth-order valence-electron chi connectivity index (χ4n) is 3.09. The average molecular weight is 257 g/mol. The molecule has 0 unspecified atom stereocenters. The highest BCUT2D eigenvalue weighted by atomic mass is 16.7. The molecular weight excluding hydrogens is 238 g/mol. The molecule has 1 aromatic rings. The first-order valence-electron chi connectivity index (χ1n) is 7.15. The molecule has 1 aromatic carbocycles. The van der Waals surface area contributed by atoms with Gasteiger partial charge in [0.05, 0.1) is 5.71 Å². The minimum absolute atomic E-state index is 0.0301. The van der Waals surface area contributed by atoms with E-state index < -0.39 is 0 Å². The topological polar surface area (TPSA) is 27.8 Å². The lowest BCUT2D eigenvalue weighted by Gasteiger charge is -2.37. The molecule has 3 aliphatic rings. The van der Waals surface area contributed by atoms with Gasteiger partial charge in [-0.25, -0.2) is 10.0 Å². The number of piperidine rings is 1. The van der Waals surface area contributed by atoms with Gasteiger partial charge in [-0.2, -0.15) is 0 Å². The highest BCUT2D eigenvalue weighted by molar-refractivity contribution is 6.01. The van der Waals surface area contributed by atoms with Crippen LogP contribution >= 0.6 is 0 Å². The van der Waals surface area contributed by atoms with E-state index in [4.69, 9.17) is 4.84 Å². The van der Waals surface area contributed by atoms with E-state index in [2.05, 4.69) is 39.4 Å². The second-order valence-corrected chi connectivity index (χ2v) is 5.76. The molecule has 2 fully saturated rings. The van der Waals surface area contributed by atoms with Gasteiger partial charge in [0, 0.05) is 45.4 Å². The van der Waals surface area contributed by atoms with Gasteiger partial charge in [0.25, 0.3) is 0 Å². The fraction of sp³-hybridized carbons (Fsp3) is 0.533. The van der Waals surface area contributed by atoms with Crippen molar-refractivity contribution in [3.05, 3.63) is 35.9 Å². The van der Waals surface area contributed by atoms with E-state index in [0.717, 1.165) is 38.1 Å². The van der Waals surface area contributed by atoms with Gasteiger partial charge in [0.15, 0.2) is 0 Å². The summed E-state index contributed by atoms with van der Waals surface area (Å²) in [6, 6.07) is 10.4. The van der Waals surface area contributed by atoms with Crippen LogP contribution in [0, 0.1) is 0 Å². The number of rotatable bonds is 2. The van der Waals surface area contributed by atoms with Crippen molar-refractivity contribution < 1.29 is 4.84 Å². The third kappa shape index (κ3) is 2.15. The largest absolute Gasteiger partial charge is 0.388 e. The molecular formula is C15H19N3O. The first-order chi connectivity index (χ1) is 9.35. The Balaban J connectivity index is 1.43. The summed E-state index contributed by atoms with van der Waals surface area (Å²) in [4.78, 5) is 5.84. The summed E-state index contributed by atoms with van der Waals surface area (Å²) >= 11 is 0. The molecule has 0 aliphatic carbocycles. The summed E-state index contributed by atoms with van der Waals surface area (Å²) in [7, 11) is 0. The van der Waals surface area contributed by atoms with Crippen LogP contribution in [0.5, 0.6) is 0 Å². The van der Waals surface area contributed by atoms with E-state index in [1.807, 2.05) is 6.07 Å². The Hall–Kier alpha value is -1.39. The molecule has 4 heteroatoms. The number of oxime groups is 1. The molecule has 0 bridgehead atoms. The molecule has 3 aliphatic heterocycles. The van der Waals surface area contributed by atoms with Crippen molar-refractivity contribution in [1.29, 1.82) is 0 Å². The number of nitrogens with zero attached hydrogens (tertiary/aromatic N) is 3. The summed E-state index contributed by atoms with van der Waals surface area (Å²) in [6.45, 7) is 4.69. The quantitative estimate of drug-likeness (QED) is 0.757. The molecule has 0 atom stereocenters. The summed E-state index contributed by atoms with van der Waals surface area (Å²) in [5.41, 5.74) is 2.28. The monoisotopic (exact) mass is 257 g/mol. The predicted molar refractivity (Wildman–Crippen MR) is 73.8 cm³/mol. The van der Waals surface area contributed by atoms with Crippen LogP contribution < -0.4 is 0 Å². The molecule has 4 rings (SSSR count). The van der Waals surface area contributed by atoms with E-state index in [1.54, 1.807) is 0 Å². The smallest absolute Gasteiger partial charge is 0.146 e. The molecule has 0 aromatic heterocycles. The van der Waals surface area contributed by atoms with Crippen molar-refractivity contribution >= 4 is 5.71 Å². The van der Waals surface area contributed by atoms with E-state index in [0.29, 0.717) is 0 Å². The maximum Gasteiger partial charge on any atom is 0.146 e. The van der Waals surface area contributed by atoms with E-state index in [1.165, 1.54) is 18.7 Å². The Morgan fingerprint density at radius 2 is 1.63 bits per heavy atom. The first kappa shape index (κ1) is 11.4. The Labute approximate surface area is 113 Å². The maximum atomic E-state index is 5.84. The highest BCUT2D eigenvalue weighted by Crippen LogP contribution is 2.36. The van der Waals surface area contributed by atoms with Crippen LogP contribution in [0.1, 0.15) is 24.8 Å². The second-order valence-electron chi connectivity index (χ2n) is 5.76. The van der Waals surface area contributed by atoms with E-state index in [-0.39, 0.29) is 5.60 Å². The third-order valence-corrected chi connectivity index (χ3v) is 4.42. The fourth-order valence-corrected chi connectivity index (χ4v) is 3.09. The first-order valence-corrected chi connectivity index (χ1v) is 7.15. The zero-order chi connectivity index (χ0) is 12.7. The standard InChI is InChI=1S/C15H19N3O/c1-2-4-13(5-3-1)14-12-15(19-16-14)6-8-17(9-7-15)18-10-11-18/h1-5H,6-12H2. The summed E-state index contributed by atoms with van der Waals surface area (Å²) < 4.78 is 0. The lowest BCUT2D eigenvalue weighted by molar-refractivity contribution is -0.0860. The van der Waals surface area contributed by atoms with Gasteiger partial charge in [-0.3, -0.25) is 0 Å². The molecule has 1 spiro atoms. The predicted octanol–water partition coefficient (Wildman–Crippen LogP) is 1.88. The Bertz CT molecular complexity index is 487. The maximum absolute atomic E-state index is 5.84. The van der Waals surface area contributed by atoms with Crippen molar-refractivity contribution in [3.63, 3.8) is 0 Å². The van der Waals surface area contributed by atoms with Gasteiger partial charge in [0.1, 0.15) is 5.60 Å². The number of benzene rings is 1. The molecule has 19 heavy (non-hydrogen) atoms. The number of hydrogen-bond acceptors (Lipinski definition) is 4. The molecule has 0 amide bonds. The molecule has 4 nitrogen and oxygen atoms in total. The van der Waals surface area contributed by atoms with E-state index >= 15 is 0 Å². The van der Waals surface area contributed by atoms with Crippen LogP contribution in [0.3, 0.4) is 0 Å². The minimum atomic E-state index is -0.0301. The molecule has 2 saturated heterocycles. The zero-order valence-electron chi connectivity index (χ0n) is 11.1. The number of hydrazine groups is 1. The zero-order valence-corrected chi connectivity index (χ0v) is 11.1. The Morgan fingerprint density at radius 3 is 2.32 bits per heavy atom. The molecule has 0 saturated carbocycles. The van der Waals surface area contributed by atoms with Crippen LogP contribution in [0.2, 0.25) is 0 Å². The second kappa shape index (κ2) is 4.32. The van der Waals surface area contributed by atoms with Gasteiger partial charge in [-0.1, -0.05) is 35.5 Å². The van der Waals surface area contributed by atoms with E-state index in [9.17, 15) is 0 Å². The summed E-state index contributed by atoms with van der Waals surface area (Å²) in [6.07, 6.45) is 3.14. The van der Waals surface area contributed by atoms with Crippen molar-refractivity contribution in [2.24, 2.45) is 5.16 Å². The highest BCUT2D eigenvalue weighted by Gasteiger charge is 2.44. The lowest BCUT2D eigenvalue weighted by Crippen LogP contribution is -2.46. The van der Waals surface area contributed by atoms with Gasteiger partial charge < -0.3 is 4.84 Å². The average Bonchev–Trinajstić information content (AvgIpc) is 3.23. The molecule has 3 heterocycles. The van der Waals surface area contributed by atoms with Gasteiger partial charge in [0.2, 0.25) is 0 Å². The van der Waals surface area contributed by atoms with Crippen molar-refractivity contribution in [2.75, 3.05) is 26.2 Å². The van der Waals surface area contributed by atoms with Crippen molar-refractivity contribution in [2.45, 2.75) is 24.9 Å². The van der Waals surface area contributed by atoms with Gasteiger partial charge >= 0.3 is 0 Å². The SMILES string of the molecule is c1ccc(C2=NOC3(CCN(N4CC4)CC3)C2)cc1. The van der Waals surface area contributed by atoms with Crippen molar-refractivity contribution in [3.8, 4) is 0 Å². The minimum Gasteiger partial charge on any atom is -0.388 e. The molecule has 0 N–H and O–H groups in total. The molecule has 0 radical (unpaired) electrons. The number of hydrogen-bond donors (Lipinski definition) is 0. The third-order valence-electron chi connectivity index (χ3n) is 4.42. The lowest BCUT2D eigenvalue weighted by atomic mass is 9.86. The van der Waals surface area contributed by atoms with Gasteiger partial charge in [-0.15, -0.1) is 0 Å². The van der Waals surface area contributed by atoms with Crippen LogP contribution in [-0.4, -0.2) is 47.5 Å². The van der Waals surface area contributed by atoms with Crippen LogP contribution in [0.4, 0.5) is 0 Å². The van der Waals surface area contributed by atoms with Gasteiger partial charge in [-0.05, 0) is 5.56 Å². The van der Waals surface area contributed by atoms with Crippen LogP contribution in [0.15, 0.2) is 35.5 Å². The molecule has 100 valence electrons. The Kier molecular flexibility index (Phi) is 2.60. The summed E-state index contributed by atoms with van der Waals surface area (Å²) in [5, 5.41) is 9.24.